The number of aliphatic imine (C=N–C) groups is 1. The van der Waals surface area contributed by atoms with Crippen LogP contribution in [0.4, 0.5) is 16.0 Å². The van der Waals surface area contributed by atoms with Crippen LogP contribution in [0.15, 0.2) is 29.3 Å². The van der Waals surface area contributed by atoms with E-state index in [1.807, 2.05) is 37.2 Å². The molecule has 23 heavy (non-hydrogen) atoms. The zero-order valence-corrected chi connectivity index (χ0v) is 14.8. The smallest absolute Gasteiger partial charge is 0.234 e. The molecule has 3 rings (SSSR count). The van der Waals surface area contributed by atoms with Crippen molar-refractivity contribution in [3.63, 3.8) is 0 Å². The Morgan fingerprint density at radius 1 is 1.17 bits per heavy atom. The maximum Gasteiger partial charge on any atom is 0.234 e. The molecule has 0 radical (unpaired) electrons. The van der Waals surface area contributed by atoms with E-state index in [0.717, 1.165) is 36.3 Å². The highest BCUT2D eigenvalue weighted by atomic mass is 35.5. The molecule has 0 amide bonds. The van der Waals surface area contributed by atoms with Crippen LogP contribution < -0.4 is 9.80 Å². The van der Waals surface area contributed by atoms with Gasteiger partial charge in [0, 0.05) is 51.0 Å². The van der Waals surface area contributed by atoms with Crippen molar-refractivity contribution in [3.8, 4) is 0 Å². The predicted molar refractivity (Wildman–Crippen MR) is 97.6 cm³/mol. The van der Waals surface area contributed by atoms with Crippen LogP contribution >= 0.6 is 22.9 Å². The van der Waals surface area contributed by atoms with Crippen molar-refractivity contribution in [2.45, 2.75) is 0 Å². The first kappa shape index (κ1) is 16.0. The Morgan fingerprint density at radius 2 is 1.91 bits per heavy atom. The molecule has 1 fully saturated rings. The van der Waals surface area contributed by atoms with Gasteiger partial charge in [-0.2, -0.15) is 0 Å². The minimum absolute atomic E-state index is 0.686. The molecule has 0 saturated carbocycles. The fraction of sp³-hybridized carbons (Fsp3) is 0.400. The summed E-state index contributed by atoms with van der Waals surface area (Å²) in [6.45, 7) is 3.71. The number of piperazine rings is 1. The summed E-state index contributed by atoms with van der Waals surface area (Å²) in [5.41, 5.74) is 1.17. The zero-order chi connectivity index (χ0) is 16.2. The highest BCUT2D eigenvalue weighted by molar-refractivity contribution is 7.18. The van der Waals surface area contributed by atoms with Gasteiger partial charge in [-0.1, -0.05) is 29.0 Å². The van der Waals surface area contributed by atoms with Crippen molar-refractivity contribution in [2.75, 3.05) is 50.1 Å². The van der Waals surface area contributed by atoms with Crippen LogP contribution in [0.1, 0.15) is 0 Å². The summed E-state index contributed by atoms with van der Waals surface area (Å²) in [5, 5.41) is 10.8. The van der Waals surface area contributed by atoms with E-state index in [1.165, 1.54) is 17.0 Å². The summed E-state index contributed by atoms with van der Waals surface area (Å²) in [6, 6.07) is 8.00. The molecule has 122 valence electrons. The molecular weight excluding hydrogens is 332 g/mol. The molecule has 2 aromatic rings. The molecule has 1 aromatic heterocycles. The average molecular weight is 351 g/mol. The van der Waals surface area contributed by atoms with Crippen LogP contribution in [-0.4, -0.2) is 61.7 Å². The largest absolute Gasteiger partial charge is 0.369 e. The topological polar surface area (TPSA) is 47.9 Å². The van der Waals surface area contributed by atoms with Gasteiger partial charge in [-0.15, -0.1) is 10.2 Å². The van der Waals surface area contributed by atoms with Gasteiger partial charge in [0.2, 0.25) is 10.3 Å². The van der Waals surface area contributed by atoms with Gasteiger partial charge in [-0.25, -0.2) is 4.99 Å². The van der Waals surface area contributed by atoms with Crippen LogP contribution in [0.5, 0.6) is 0 Å². The van der Waals surface area contributed by atoms with Crippen molar-refractivity contribution >= 4 is 45.2 Å². The Morgan fingerprint density at radius 3 is 2.61 bits per heavy atom. The van der Waals surface area contributed by atoms with E-state index in [2.05, 4.69) is 31.1 Å². The van der Waals surface area contributed by atoms with Gasteiger partial charge < -0.3 is 14.7 Å². The number of hydrogen-bond acceptors (Lipinski definition) is 6. The Hall–Kier alpha value is -1.86. The first-order valence-electron chi connectivity index (χ1n) is 7.41. The molecule has 1 aliphatic rings. The van der Waals surface area contributed by atoms with Crippen LogP contribution in [0.3, 0.4) is 0 Å². The van der Waals surface area contributed by atoms with E-state index in [-0.39, 0.29) is 0 Å². The third-order valence-electron chi connectivity index (χ3n) is 3.53. The average Bonchev–Trinajstić information content (AvgIpc) is 3.02. The van der Waals surface area contributed by atoms with Gasteiger partial charge in [0.1, 0.15) is 0 Å². The molecular formula is C15H19ClN6S. The second-order valence-corrected chi connectivity index (χ2v) is 6.90. The fourth-order valence-electron chi connectivity index (χ4n) is 2.38. The number of halogens is 1. The summed E-state index contributed by atoms with van der Waals surface area (Å²) in [5.74, 6) is 0. The summed E-state index contributed by atoms with van der Waals surface area (Å²) < 4.78 is 0. The Balaban J connectivity index is 1.61. The molecule has 0 bridgehead atoms. The lowest BCUT2D eigenvalue weighted by atomic mass is 10.2. The summed E-state index contributed by atoms with van der Waals surface area (Å²) in [6.07, 6.45) is 1.74. The number of hydrogen-bond donors (Lipinski definition) is 0. The van der Waals surface area contributed by atoms with Gasteiger partial charge in [0.15, 0.2) is 0 Å². The normalized spacial score (nSPS) is 15.4. The Kier molecular flexibility index (Phi) is 4.97. The minimum atomic E-state index is 0.686. The summed E-state index contributed by atoms with van der Waals surface area (Å²) >= 11 is 7.59. The van der Waals surface area contributed by atoms with Crippen LogP contribution in [0.2, 0.25) is 5.02 Å². The van der Waals surface area contributed by atoms with E-state index in [1.54, 1.807) is 6.34 Å². The molecule has 6 nitrogen and oxygen atoms in total. The standard InChI is InChI=1S/C15H19ClN6S/c1-20(2)11-17-14-18-19-15(23-14)22-8-6-21(7-9-22)13-5-3-4-12(16)10-13/h3-5,10-11H,6-9H2,1-2H3/b17-11-. The van der Waals surface area contributed by atoms with Crippen molar-refractivity contribution in [1.82, 2.24) is 15.1 Å². The van der Waals surface area contributed by atoms with Gasteiger partial charge in [0.25, 0.3) is 0 Å². The maximum atomic E-state index is 6.07. The molecule has 1 aliphatic heterocycles. The quantitative estimate of drug-likeness (QED) is 0.626. The summed E-state index contributed by atoms with van der Waals surface area (Å²) in [7, 11) is 3.86. The molecule has 0 spiro atoms. The molecule has 8 heteroatoms. The first-order chi connectivity index (χ1) is 11.1. The predicted octanol–water partition coefficient (Wildman–Crippen LogP) is 2.74. The number of benzene rings is 1. The van der Waals surface area contributed by atoms with E-state index < -0.39 is 0 Å². The Bertz CT molecular complexity index is 678. The van der Waals surface area contributed by atoms with Crippen LogP contribution in [-0.2, 0) is 0 Å². The first-order valence-corrected chi connectivity index (χ1v) is 8.61. The molecule has 0 aliphatic carbocycles. The third kappa shape index (κ3) is 4.11. The second-order valence-electron chi connectivity index (χ2n) is 5.53. The lowest BCUT2D eigenvalue weighted by Crippen LogP contribution is -2.46. The number of anilines is 2. The van der Waals surface area contributed by atoms with Crippen molar-refractivity contribution in [1.29, 1.82) is 0 Å². The van der Waals surface area contributed by atoms with E-state index >= 15 is 0 Å². The summed E-state index contributed by atoms with van der Waals surface area (Å²) in [4.78, 5) is 10.8. The van der Waals surface area contributed by atoms with Crippen molar-refractivity contribution in [2.24, 2.45) is 4.99 Å². The lowest BCUT2D eigenvalue weighted by molar-refractivity contribution is 0.643. The number of rotatable bonds is 4. The third-order valence-corrected chi connectivity index (χ3v) is 4.65. The Labute approximate surface area is 145 Å². The molecule has 1 saturated heterocycles. The molecule has 0 unspecified atom stereocenters. The fourth-order valence-corrected chi connectivity index (χ4v) is 3.30. The zero-order valence-electron chi connectivity index (χ0n) is 13.2. The van der Waals surface area contributed by atoms with E-state index in [4.69, 9.17) is 11.6 Å². The van der Waals surface area contributed by atoms with Crippen LogP contribution in [0.25, 0.3) is 0 Å². The van der Waals surface area contributed by atoms with Gasteiger partial charge in [-0.05, 0) is 18.2 Å². The van der Waals surface area contributed by atoms with Gasteiger partial charge in [-0.3, -0.25) is 0 Å². The van der Waals surface area contributed by atoms with Crippen molar-refractivity contribution in [3.05, 3.63) is 29.3 Å². The van der Waals surface area contributed by atoms with E-state index in [9.17, 15) is 0 Å². The number of nitrogens with zero attached hydrogens (tertiary/aromatic N) is 6. The monoisotopic (exact) mass is 350 g/mol. The van der Waals surface area contributed by atoms with Gasteiger partial charge in [0.05, 0.1) is 6.34 Å². The molecule has 0 N–H and O–H groups in total. The second kappa shape index (κ2) is 7.14. The molecule has 1 aromatic carbocycles. The van der Waals surface area contributed by atoms with Crippen molar-refractivity contribution < 1.29 is 0 Å². The van der Waals surface area contributed by atoms with Crippen LogP contribution in [0, 0.1) is 0 Å². The maximum absolute atomic E-state index is 6.07. The SMILES string of the molecule is CN(C)/C=N\c1nnc(N2CCN(c3cccc(Cl)c3)CC2)s1. The number of aromatic nitrogens is 2. The highest BCUT2D eigenvalue weighted by Crippen LogP contribution is 2.28. The lowest BCUT2D eigenvalue weighted by Gasteiger charge is -2.35. The van der Waals surface area contributed by atoms with Gasteiger partial charge >= 0.3 is 0 Å². The highest BCUT2D eigenvalue weighted by Gasteiger charge is 2.20. The molecule has 2 heterocycles. The molecule has 0 atom stereocenters. The minimum Gasteiger partial charge on any atom is -0.369 e. The van der Waals surface area contributed by atoms with E-state index in [0.29, 0.717) is 5.13 Å².